The Hall–Kier alpha value is -1.88. The van der Waals surface area contributed by atoms with E-state index in [9.17, 15) is 0 Å². The Morgan fingerprint density at radius 2 is 1.66 bits per heavy atom. The molecule has 2 aromatic rings. The summed E-state index contributed by atoms with van der Waals surface area (Å²) in [6.45, 7) is 6.56. The van der Waals surface area contributed by atoms with Crippen molar-refractivity contribution in [2.24, 2.45) is 5.92 Å². The number of benzene rings is 2. The van der Waals surface area contributed by atoms with Gasteiger partial charge in [-0.3, -0.25) is 9.80 Å². The SMILES string of the molecule is COc1ccccc1CN(CC1CCN(C2Cc3ccccc3C2)CC1)C[C@@H]1CCCO1. The average molecular weight is 435 g/mol. The van der Waals surface area contributed by atoms with Gasteiger partial charge in [-0.25, -0.2) is 0 Å². The first-order valence-corrected chi connectivity index (χ1v) is 12.5. The van der Waals surface area contributed by atoms with Crippen LogP contribution >= 0.6 is 0 Å². The molecule has 2 heterocycles. The fraction of sp³-hybridized carbons (Fsp3) is 0.571. The van der Waals surface area contributed by atoms with Crippen LogP contribution in [-0.4, -0.2) is 61.8 Å². The second-order valence-electron chi connectivity index (χ2n) is 9.95. The number of fused-ring (bicyclic) bond motifs is 1. The van der Waals surface area contributed by atoms with E-state index < -0.39 is 0 Å². The first-order chi connectivity index (χ1) is 15.8. The van der Waals surface area contributed by atoms with Gasteiger partial charge in [0.15, 0.2) is 0 Å². The highest BCUT2D eigenvalue weighted by atomic mass is 16.5. The molecule has 0 amide bonds. The smallest absolute Gasteiger partial charge is 0.123 e. The van der Waals surface area contributed by atoms with Crippen LogP contribution in [0.5, 0.6) is 5.75 Å². The molecule has 1 aliphatic carbocycles. The summed E-state index contributed by atoms with van der Waals surface area (Å²) in [5, 5.41) is 0. The summed E-state index contributed by atoms with van der Waals surface area (Å²) in [5.41, 5.74) is 4.42. The molecule has 172 valence electrons. The standard InChI is InChI=1S/C28H38N2O2/c1-31-28-11-5-4-9-25(28)20-29(21-27-10-6-16-32-27)19-22-12-14-30(15-13-22)26-17-23-7-2-3-8-24(23)18-26/h2-5,7-9,11,22,26-27H,6,10,12-21H2,1H3/t27-/m0/s1. The largest absolute Gasteiger partial charge is 0.496 e. The highest BCUT2D eigenvalue weighted by Crippen LogP contribution is 2.30. The van der Waals surface area contributed by atoms with Crippen molar-refractivity contribution in [1.29, 1.82) is 0 Å². The van der Waals surface area contributed by atoms with E-state index in [1.165, 1.54) is 57.2 Å². The van der Waals surface area contributed by atoms with Gasteiger partial charge in [0.2, 0.25) is 0 Å². The van der Waals surface area contributed by atoms with Crippen molar-refractivity contribution in [3.63, 3.8) is 0 Å². The fourth-order valence-corrected chi connectivity index (χ4v) is 6.01. The molecule has 3 aliphatic rings. The number of nitrogens with zero attached hydrogens (tertiary/aromatic N) is 2. The Bertz CT molecular complexity index is 846. The maximum Gasteiger partial charge on any atom is 0.123 e. The normalized spacial score (nSPS) is 22.5. The molecule has 2 aromatic carbocycles. The number of rotatable bonds is 8. The summed E-state index contributed by atoms with van der Waals surface area (Å²) in [5.74, 6) is 1.77. The van der Waals surface area contributed by atoms with E-state index in [4.69, 9.17) is 9.47 Å². The Morgan fingerprint density at radius 1 is 0.938 bits per heavy atom. The minimum atomic E-state index is 0.391. The van der Waals surface area contributed by atoms with Crippen molar-refractivity contribution in [2.45, 2.75) is 57.2 Å². The lowest BCUT2D eigenvalue weighted by atomic mass is 9.94. The lowest BCUT2D eigenvalue weighted by Gasteiger charge is -2.38. The van der Waals surface area contributed by atoms with Gasteiger partial charge >= 0.3 is 0 Å². The second kappa shape index (κ2) is 10.4. The highest BCUT2D eigenvalue weighted by molar-refractivity contribution is 5.34. The van der Waals surface area contributed by atoms with Crippen LogP contribution in [0, 0.1) is 5.92 Å². The van der Waals surface area contributed by atoms with Crippen LogP contribution in [0.1, 0.15) is 42.4 Å². The molecule has 0 bridgehead atoms. The zero-order valence-corrected chi connectivity index (χ0v) is 19.5. The molecule has 2 aliphatic heterocycles. The zero-order valence-electron chi connectivity index (χ0n) is 19.5. The molecule has 4 nitrogen and oxygen atoms in total. The Balaban J connectivity index is 1.18. The predicted octanol–water partition coefficient (Wildman–Crippen LogP) is 4.56. The Labute approximate surface area is 193 Å². The number of para-hydroxylation sites is 1. The van der Waals surface area contributed by atoms with Gasteiger partial charge in [0.25, 0.3) is 0 Å². The van der Waals surface area contributed by atoms with E-state index in [0.717, 1.165) is 37.9 Å². The zero-order chi connectivity index (χ0) is 21.8. The van der Waals surface area contributed by atoms with Gasteiger partial charge in [-0.2, -0.15) is 0 Å². The Kier molecular flexibility index (Phi) is 7.11. The van der Waals surface area contributed by atoms with Crippen molar-refractivity contribution in [3.8, 4) is 5.75 Å². The Morgan fingerprint density at radius 3 is 2.34 bits per heavy atom. The first-order valence-electron chi connectivity index (χ1n) is 12.5. The van der Waals surface area contributed by atoms with Crippen LogP contribution in [0.2, 0.25) is 0 Å². The van der Waals surface area contributed by atoms with Crippen molar-refractivity contribution < 1.29 is 9.47 Å². The third-order valence-electron chi connectivity index (χ3n) is 7.78. The summed E-state index contributed by atoms with van der Waals surface area (Å²) in [7, 11) is 1.78. The molecular formula is C28H38N2O2. The molecule has 5 rings (SSSR count). The second-order valence-corrected chi connectivity index (χ2v) is 9.95. The van der Waals surface area contributed by atoms with E-state index in [1.54, 1.807) is 18.2 Å². The third-order valence-corrected chi connectivity index (χ3v) is 7.78. The topological polar surface area (TPSA) is 24.9 Å². The van der Waals surface area contributed by atoms with E-state index in [0.29, 0.717) is 12.1 Å². The highest BCUT2D eigenvalue weighted by Gasteiger charge is 2.31. The third kappa shape index (κ3) is 5.19. The molecule has 0 aromatic heterocycles. The molecule has 1 atom stereocenters. The molecule has 0 radical (unpaired) electrons. The van der Waals surface area contributed by atoms with Crippen molar-refractivity contribution in [3.05, 3.63) is 65.2 Å². The van der Waals surface area contributed by atoms with E-state index >= 15 is 0 Å². The van der Waals surface area contributed by atoms with E-state index in [2.05, 4.69) is 58.3 Å². The van der Waals surface area contributed by atoms with Crippen LogP contribution in [0.25, 0.3) is 0 Å². The maximum atomic E-state index is 6.00. The average Bonchev–Trinajstić information content (AvgIpc) is 3.49. The molecule has 0 N–H and O–H groups in total. The molecular weight excluding hydrogens is 396 g/mol. The molecule has 2 fully saturated rings. The summed E-state index contributed by atoms with van der Waals surface area (Å²) >= 11 is 0. The van der Waals surface area contributed by atoms with Crippen LogP contribution in [0.15, 0.2) is 48.5 Å². The molecule has 0 saturated carbocycles. The van der Waals surface area contributed by atoms with E-state index in [-0.39, 0.29) is 0 Å². The summed E-state index contributed by atoms with van der Waals surface area (Å²) in [6.07, 6.45) is 7.88. The van der Waals surface area contributed by atoms with Gasteiger partial charge < -0.3 is 9.47 Å². The lowest BCUT2D eigenvalue weighted by Crippen LogP contribution is -2.44. The number of likely N-dealkylation sites (tertiary alicyclic amines) is 1. The molecule has 4 heteroatoms. The molecule has 32 heavy (non-hydrogen) atoms. The lowest BCUT2D eigenvalue weighted by molar-refractivity contribution is 0.0539. The number of hydrogen-bond acceptors (Lipinski definition) is 4. The van der Waals surface area contributed by atoms with Crippen molar-refractivity contribution in [1.82, 2.24) is 9.80 Å². The quantitative estimate of drug-likeness (QED) is 0.608. The summed E-state index contributed by atoms with van der Waals surface area (Å²) in [6, 6.07) is 18.2. The molecule has 0 spiro atoms. The fourth-order valence-electron chi connectivity index (χ4n) is 6.01. The van der Waals surface area contributed by atoms with Gasteiger partial charge in [0.05, 0.1) is 13.2 Å². The van der Waals surface area contributed by atoms with Gasteiger partial charge in [-0.15, -0.1) is 0 Å². The van der Waals surface area contributed by atoms with Gasteiger partial charge in [0.1, 0.15) is 5.75 Å². The minimum Gasteiger partial charge on any atom is -0.496 e. The van der Waals surface area contributed by atoms with Crippen LogP contribution in [-0.2, 0) is 24.1 Å². The van der Waals surface area contributed by atoms with Gasteiger partial charge in [0, 0.05) is 37.8 Å². The number of piperidine rings is 1. The van der Waals surface area contributed by atoms with Crippen LogP contribution in [0.3, 0.4) is 0 Å². The monoisotopic (exact) mass is 434 g/mol. The van der Waals surface area contributed by atoms with Gasteiger partial charge in [-0.1, -0.05) is 42.5 Å². The minimum absolute atomic E-state index is 0.391. The molecule has 2 saturated heterocycles. The number of methoxy groups -OCH3 is 1. The van der Waals surface area contributed by atoms with Gasteiger partial charge in [-0.05, 0) is 74.7 Å². The van der Waals surface area contributed by atoms with Crippen molar-refractivity contribution in [2.75, 3.05) is 39.9 Å². The van der Waals surface area contributed by atoms with Crippen LogP contribution in [0.4, 0.5) is 0 Å². The van der Waals surface area contributed by atoms with E-state index in [1.807, 2.05) is 0 Å². The summed E-state index contributed by atoms with van der Waals surface area (Å²) in [4.78, 5) is 5.40. The van der Waals surface area contributed by atoms with Crippen LogP contribution < -0.4 is 4.74 Å². The summed E-state index contributed by atoms with van der Waals surface area (Å²) < 4.78 is 11.6. The van der Waals surface area contributed by atoms with Crippen molar-refractivity contribution >= 4 is 0 Å². The predicted molar refractivity (Wildman–Crippen MR) is 129 cm³/mol. The first kappa shape index (κ1) is 21.9. The maximum absolute atomic E-state index is 6.00. The number of hydrogen-bond donors (Lipinski definition) is 0. The number of ether oxygens (including phenoxy) is 2. The molecule has 0 unspecified atom stereocenters.